The Labute approximate surface area is 71.6 Å². The van der Waals surface area contributed by atoms with E-state index in [2.05, 4.69) is 4.52 Å². The van der Waals surface area contributed by atoms with Gasteiger partial charge in [0.05, 0.1) is 0 Å². The average molecular weight is 195 g/mol. The van der Waals surface area contributed by atoms with Gasteiger partial charge in [0.25, 0.3) is 0 Å². The molecule has 0 aromatic carbocycles. The van der Waals surface area contributed by atoms with Gasteiger partial charge in [0.15, 0.2) is 0 Å². The molecule has 0 aromatic rings. The molecule has 1 fully saturated rings. The largest absolute Gasteiger partial charge is 0.470 e. The van der Waals surface area contributed by atoms with Gasteiger partial charge in [-0.3, -0.25) is 9.42 Å². The predicted molar refractivity (Wildman–Crippen MR) is 43.4 cm³/mol. The van der Waals surface area contributed by atoms with Crippen LogP contribution >= 0.6 is 7.82 Å². The van der Waals surface area contributed by atoms with E-state index in [-0.39, 0.29) is 6.73 Å². The molecule has 1 heterocycles. The number of nitrogens with zero attached hydrogens (tertiary/aromatic N) is 1. The second kappa shape index (κ2) is 4.35. The van der Waals surface area contributed by atoms with Gasteiger partial charge in [0, 0.05) is 13.1 Å². The van der Waals surface area contributed by atoms with Crippen molar-refractivity contribution in [2.45, 2.75) is 19.3 Å². The van der Waals surface area contributed by atoms with E-state index >= 15 is 0 Å². The minimum Gasteiger partial charge on any atom is -0.303 e. The first kappa shape index (κ1) is 10.2. The molecule has 5 nitrogen and oxygen atoms in total. The molecule has 1 saturated heterocycles. The van der Waals surface area contributed by atoms with Crippen molar-refractivity contribution in [3.8, 4) is 0 Å². The zero-order chi connectivity index (χ0) is 9.03. The highest BCUT2D eigenvalue weighted by molar-refractivity contribution is 7.46. The van der Waals surface area contributed by atoms with Crippen molar-refractivity contribution in [2.24, 2.45) is 0 Å². The Hall–Kier alpha value is 0.0700. The Morgan fingerprint density at radius 2 is 1.83 bits per heavy atom. The van der Waals surface area contributed by atoms with Gasteiger partial charge in [-0.15, -0.1) is 0 Å². The summed E-state index contributed by atoms with van der Waals surface area (Å²) < 4.78 is 14.7. The number of hydrogen-bond donors (Lipinski definition) is 2. The van der Waals surface area contributed by atoms with Gasteiger partial charge < -0.3 is 9.79 Å². The van der Waals surface area contributed by atoms with Crippen LogP contribution in [-0.4, -0.2) is 34.5 Å². The van der Waals surface area contributed by atoms with Crippen LogP contribution < -0.4 is 0 Å². The summed E-state index contributed by atoms with van der Waals surface area (Å²) in [6.45, 7) is 1.80. The Kier molecular flexibility index (Phi) is 3.68. The molecule has 72 valence electrons. The summed E-state index contributed by atoms with van der Waals surface area (Å²) in [6.07, 6.45) is 3.38. The molecule has 0 saturated carbocycles. The van der Waals surface area contributed by atoms with Crippen molar-refractivity contribution in [3.05, 3.63) is 0 Å². The summed E-state index contributed by atoms with van der Waals surface area (Å²) in [6, 6.07) is 0. The summed E-state index contributed by atoms with van der Waals surface area (Å²) in [5.41, 5.74) is 0. The molecule has 2 N–H and O–H groups in total. The first-order chi connectivity index (χ1) is 5.58. The number of likely N-dealkylation sites (tertiary alicyclic amines) is 1. The van der Waals surface area contributed by atoms with Crippen LogP contribution in [0.5, 0.6) is 0 Å². The lowest BCUT2D eigenvalue weighted by Gasteiger charge is -2.25. The van der Waals surface area contributed by atoms with E-state index in [1.165, 1.54) is 6.42 Å². The van der Waals surface area contributed by atoms with Crippen LogP contribution in [-0.2, 0) is 9.09 Å². The van der Waals surface area contributed by atoms with Gasteiger partial charge >= 0.3 is 7.82 Å². The standard InChI is InChI=1S/C6H14NO4P/c8-12(9,10)11-6-7-4-2-1-3-5-7/h1-6H2,(H2,8,9,10). The lowest BCUT2D eigenvalue weighted by Crippen LogP contribution is -2.31. The first-order valence-electron chi connectivity index (χ1n) is 4.00. The predicted octanol–water partition coefficient (Wildman–Crippen LogP) is 0.539. The molecule has 1 rings (SSSR count). The summed E-state index contributed by atoms with van der Waals surface area (Å²) in [5.74, 6) is 0. The van der Waals surface area contributed by atoms with Crippen LogP contribution in [0.2, 0.25) is 0 Å². The molecular formula is C6H14NO4P. The van der Waals surface area contributed by atoms with Crippen molar-refractivity contribution in [2.75, 3.05) is 19.8 Å². The minimum atomic E-state index is -4.27. The van der Waals surface area contributed by atoms with Crippen LogP contribution in [0.15, 0.2) is 0 Å². The molecule has 0 radical (unpaired) electrons. The normalized spacial score (nSPS) is 21.2. The minimum absolute atomic E-state index is 0.0459. The zero-order valence-electron chi connectivity index (χ0n) is 6.85. The molecule has 1 aliphatic rings. The Balaban J connectivity index is 2.17. The third-order valence-corrected chi connectivity index (χ3v) is 2.31. The molecule has 0 bridgehead atoms. The molecule has 0 amide bonds. The fourth-order valence-corrected chi connectivity index (χ4v) is 1.56. The lowest BCUT2D eigenvalue weighted by molar-refractivity contribution is 0.0778. The number of hydrogen-bond acceptors (Lipinski definition) is 3. The first-order valence-corrected chi connectivity index (χ1v) is 5.53. The SMILES string of the molecule is O=P(O)(O)OCN1CCCCC1. The maximum atomic E-state index is 10.3. The third kappa shape index (κ3) is 4.18. The van der Waals surface area contributed by atoms with Crippen molar-refractivity contribution in [1.82, 2.24) is 4.90 Å². The summed E-state index contributed by atoms with van der Waals surface area (Å²) >= 11 is 0. The quantitative estimate of drug-likeness (QED) is 0.643. The van der Waals surface area contributed by atoms with Crippen molar-refractivity contribution in [3.63, 3.8) is 0 Å². The van der Waals surface area contributed by atoms with E-state index in [4.69, 9.17) is 9.79 Å². The maximum Gasteiger partial charge on any atom is 0.470 e. The van der Waals surface area contributed by atoms with E-state index in [0.717, 1.165) is 25.9 Å². The fraction of sp³-hybridized carbons (Fsp3) is 1.00. The number of phosphoric ester groups is 1. The highest BCUT2D eigenvalue weighted by atomic mass is 31.2. The lowest BCUT2D eigenvalue weighted by atomic mass is 10.1. The molecule has 0 aromatic heterocycles. The molecule has 0 aliphatic carbocycles. The van der Waals surface area contributed by atoms with Crippen molar-refractivity contribution in [1.29, 1.82) is 0 Å². The van der Waals surface area contributed by atoms with Crippen molar-refractivity contribution < 1.29 is 18.9 Å². The second-order valence-electron chi connectivity index (χ2n) is 2.93. The van der Waals surface area contributed by atoms with E-state index in [1.807, 2.05) is 4.90 Å². The summed E-state index contributed by atoms with van der Waals surface area (Å²) in [7, 11) is -4.27. The van der Waals surface area contributed by atoms with Gasteiger partial charge in [-0.1, -0.05) is 6.42 Å². The fourth-order valence-electron chi connectivity index (χ4n) is 1.25. The van der Waals surface area contributed by atoms with Crippen molar-refractivity contribution >= 4 is 7.82 Å². The van der Waals surface area contributed by atoms with Gasteiger partial charge in [-0.25, -0.2) is 4.57 Å². The van der Waals surface area contributed by atoms with Gasteiger partial charge in [0.2, 0.25) is 0 Å². The second-order valence-corrected chi connectivity index (χ2v) is 4.17. The summed E-state index contributed by atoms with van der Waals surface area (Å²) in [5, 5.41) is 0. The van der Waals surface area contributed by atoms with Crippen LogP contribution in [0.3, 0.4) is 0 Å². The number of piperidine rings is 1. The molecule has 1 aliphatic heterocycles. The summed E-state index contributed by atoms with van der Waals surface area (Å²) in [4.78, 5) is 18.7. The molecule has 0 atom stereocenters. The van der Waals surface area contributed by atoms with Gasteiger partial charge in [-0.2, -0.15) is 0 Å². The molecule has 0 unspecified atom stereocenters. The van der Waals surface area contributed by atoms with E-state index in [1.54, 1.807) is 0 Å². The molecule has 0 spiro atoms. The van der Waals surface area contributed by atoms with E-state index in [9.17, 15) is 4.57 Å². The van der Waals surface area contributed by atoms with Crippen LogP contribution in [0.1, 0.15) is 19.3 Å². The van der Waals surface area contributed by atoms with Crippen LogP contribution in [0.4, 0.5) is 0 Å². The van der Waals surface area contributed by atoms with E-state index in [0.29, 0.717) is 0 Å². The number of phosphoric acid groups is 1. The highest BCUT2D eigenvalue weighted by Gasteiger charge is 2.17. The number of rotatable bonds is 3. The zero-order valence-corrected chi connectivity index (χ0v) is 7.74. The monoisotopic (exact) mass is 195 g/mol. The Bertz CT molecular complexity index is 174. The molecule has 12 heavy (non-hydrogen) atoms. The van der Waals surface area contributed by atoms with Gasteiger partial charge in [0.1, 0.15) is 6.73 Å². The van der Waals surface area contributed by atoms with E-state index < -0.39 is 7.82 Å². The van der Waals surface area contributed by atoms with Crippen LogP contribution in [0.25, 0.3) is 0 Å². The Morgan fingerprint density at radius 3 is 2.33 bits per heavy atom. The third-order valence-electron chi connectivity index (χ3n) is 1.86. The smallest absolute Gasteiger partial charge is 0.303 e. The topological polar surface area (TPSA) is 70.0 Å². The molecule has 6 heteroatoms. The maximum absolute atomic E-state index is 10.3. The van der Waals surface area contributed by atoms with Crippen LogP contribution in [0, 0.1) is 0 Å². The average Bonchev–Trinajstić information content (AvgIpc) is 2.02. The molecular weight excluding hydrogens is 181 g/mol. The highest BCUT2D eigenvalue weighted by Crippen LogP contribution is 2.35. The van der Waals surface area contributed by atoms with Gasteiger partial charge in [-0.05, 0) is 12.8 Å². The Morgan fingerprint density at radius 1 is 1.25 bits per heavy atom.